The monoisotopic (exact) mass is 208 g/mol. The molecule has 1 fully saturated rings. The fourth-order valence-electron chi connectivity index (χ4n) is 1.74. The molecular weight excluding hydrogens is 192 g/mol. The number of aliphatic hydroxyl groups is 4. The molecule has 0 aliphatic heterocycles. The number of methoxy groups -OCH3 is 2. The van der Waals surface area contributed by atoms with Gasteiger partial charge in [-0.05, 0) is 0 Å². The Kier molecular flexibility index (Phi) is 3.82. The third kappa shape index (κ3) is 1.77. The Morgan fingerprint density at radius 3 is 1.00 bits per heavy atom. The van der Waals surface area contributed by atoms with E-state index in [-0.39, 0.29) is 0 Å². The van der Waals surface area contributed by atoms with Crippen LogP contribution in [-0.2, 0) is 9.47 Å². The molecule has 0 aromatic heterocycles. The molecule has 1 aliphatic carbocycles. The van der Waals surface area contributed by atoms with E-state index < -0.39 is 36.6 Å². The summed E-state index contributed by atoms with van der Waals surface area (Å²) in [6.45, 7) is 0. The van der Waals surface area contributed by atoms with Crippen molar-refractivity contribution in [2.75, 3.05) is 14.2 Å². The second kappa shape index (κ2) is 4.52. The van der Waals surface area contributed by atoms with Crippen LogP contribution in [0.1, 0.15) is 0 Å². The van der Waals surface area contributed by atoms with Crippen LogP contribution in [0, 0.1) is 0 Å². The quantitative estimate of drug-likeness (QED) is 0.399. The van der Waals surface area contributed by atoms with E-state index in [1.54, 1.807) is 0 Å². The average Bonchev–Trinajstić information content (AvgIpc) is 2.17. The van der Waals surface area contributed by atoms with E-state index in [9.17, 15) is 20.4 Å². The van der Waals surface area contributed by atoms with Crippen LogP contribution in [0.15, 0.2) is 0 Å². The number of hydrogen-bond acceptors (Lipinski definition) is 6. The first-order valence-corrected chi connectivity index (χ1v) is 4.32. The standard InChI is InChI=1S/C8H16O6/c1-13-7-3(9)5(11)8(14-2)6(12)4(7)10/h3-12H,1-2H3/t3-,4-,5-,6+,7?,8?/m1/s1. The first-order valence-electron chi connectivity index (χ1n) is 4.32. The first-order chi connectivity index (χ1) is 6.54. The van der Waals surface area contributed by atoms with Crippen molar-refractivity contribution in [1.82, 2.24) is 0 Å². The fraction of sp³-hybridized carbons (Fsp3) is 1.00. The second-order valence-electron chi connectivity index (χ2n) is 3.36. The second-order valence-corrected chi connectivity index (χ2v) is 3.36. The van der Waals surface area contributed by atoms with Crippen molar-refractivity contribution in [3.8, 4) is 0 Å². The molecule has 6 heteroatoms. The Morgan fingerprint density at radius 2 is 0.857 bits per heavy atom. The molecule has 2 unspecified atom stereocenters. The minimum Gasteiger partial charge on any atom is -0.387 e. The van der Waals surface area contributed by atoms with Gasteiger partial charge >= 0.3 is 0 Å². The Hall–Kier alpha value is -0.240. The predicted molar refractivity (Wildman–Crippen MR) is 45.6 cm³/mol. The van der Waals surface area contributed by atoms with Gasteiger partial charge < -0.3 is 29.9 Å². The third-order valence-electron chi connectivity index (χ3n) is 2.59. The van der Waals surface area contributed by atoms with Gasteiger partial charge in [0.25, 0.3) is 0 Å². The molecule has 1 rings (SSSR count). The zero-order valence-electron chi connectivity index (χ0n) is 8.07. The zero-order chi connectivity index (χ0) is 10.9. The fourth-order valence-corrected chi connectivity index (χ4v) is 1.74. The van der Waals surface area contributed by atoms with Gasteiger partial charge in [0.05, 0.1) is 0 Å². The van der Waals surface area contributed by atoms with Gasteiger partial charge in [0.1, 0.15) is 36.6 Å². The van der Waals surface area contributed by atoms with Gasteiger partial charge in [-0.25, -0.2) is 0 Å². The largest absolute Gasteiger partial charge is 0.387 e. The normalized spacial score (nSPS) is 49.3. The molecule has 0 radical (unpaired) electrons. The third-order valence-corrected chi connectivity index (χ3v) is 2.59. The van der Waals surface area contributed by atoms with E-state index >= 15 is 0 Å². The summed E-state index contributed by atoms with van der Waals surface area (Å²) in [5, 5.41) is 38.0. The molecule has 1 aliphatic rings. The molecule has 6 nitrogen and oxygen atoms in total. The summed E-state index contributed by atoms with van der Waals surface area (Å²) in [7, 11) is 2.56. The molecule has 0 aromatic rings. The number of rotatable bonds is 2. The van der Waals surface area contributed by atoms with E-state index in [0.717, 1.165) is 0 Å². The first kappa shape index (κ1) is 11.8. The molecule has 6 atom stereocenters. The summed E-state index contributed by atoms with van der Waals surface area (Å²) in [6, 6.07) is 0. The van der Waals surface area contributed by atoms with Crippen LogP contribution < -0.4 is 0 Å². The van der Waals surface area contributed by atoms with Crippen LogP contribution in [-0.4, -0.2) is 71.3 Å². The van der Waals surface area contributed by atoms with Crippen LogP contribution >= 0.6 is 0 Å². The van der Waals surface area contributed by atoms with E-state index in [1.165, 1.54) is 14.2 Å². The number of hydrogen-bond donors (Lipinski definition) is 4. The van der Waals surface area contributed by atoms with E-state index in [4.69, 9.17) is 9.47 Å². The SMILES string of the molecule is COC1[C@@H](O)[C@@H](O)C(OC)[C@H](O)[C@H]1O. The summed E-state index contributed by atoms with van der Waals surface area (Å²) >= 11 is 0. The van der Waals surface area contributed by atoms with Crippen molar-refractivity contribution in [1.29, 1.82) is 0 Å². The minimum atomic E-state index is -1.27. The molecule has 0 saturated heterocycles. The lowest BCUT2D eigenvalue weighted by Crippen LogP contribution is -2.64. The topological polar surface area (TPSA) is 99.4 Å². The molecular formula is C8H16O6. The highest BCUT2D eigenvalue weighted by molar-refractivity contribution is 4.99. The van der Waals surface area contributed by atoms with Gasteiger partial charge in [-0.2, -0.15) is 0 Å². The number of aliphatic hydroxyl groups excluding tert-OH is 4. The Morgan fingerprint density at radius 1 is 0.643 bits per heavy atom. The molecule has 14 heavy (non-hydrogen) atoms. The number of ether oxygens (including phenoxy) is 2. The Bertz CT molecular complexity index is 151. The van der Waals surface area contributed by atoms with Crippen molar-refractivity contribution >= 4 is 0 Å². The molecule has 0 bridgehead atoms. The van der Waals surface area contributed by atoms with Crippen LogP contribution in [0.3, 0.4) is 0 Å². The Labute approximate surface area is 81.7 Å². The van der Waals surface area contributed by atoms with Crippen molar-refractivity contribution < 1.29 is 29.9 Å². The highest BCUT2D eigenvalue weighted by Crippen LogP contribution is 2.24. The summed E-state index contributed by atoms with van der Waals surface area (Å²) in [5.41, 5.74) is 0. The van der Waals surface area contributed by atoms with Gasteiger partial charge in [0.15, 0.2) is 0 Å². The van der Waals surface area contributed by atoms with Gasteiger partial charge in [-0.15, -0.1) is 0 Å². The average molecular weight is 208 g/mol. The summed E-state index contributed by atoms with van der Waals surface area (Å²) in [4.78, 5) is 0. The van der Waals surface area contributed by atoms with Crippen LogP contribution in [0.5, 0.6) is 0 Å². The molecule has 0 spiro atoms. The van der Waals surface area contributed by atoms with Gasteiger partial charge in [0.2, 0.25) is 0 Å². The van der Waals surface area contributed by atoms with Gasteiger partial charge in [-0.1, -0.05) is 0 Å². The van der Waals surface area contributed by atoms with Crippen molar-refractivity contribution in [3.63, 3.8) is 0 Å². The maximum atomic E-state index is 9.50. The Balaban J connectivity index is 2.81. The van der Waals surface area contributed by atoms with E-state index in [0.29, 0.717) is 0 Å². The van der Waals surface area contributed by atoms with Crippen LogP contribution in [0.25, 0.3) is 0 Å². The smallest absolute Gasteiger partial charge is 0.114 e. The molecule has 0 aromatic carbocycles. The lowest BCUT2D eigenvalue weighted by molar-refractivity contribution is -0.235. The highest BCUT2D eigenvalue weighted by atomic mass is 16.5. The lowest BCUT2D eigenvalue weighted by atomic mass is 9.85. The lowest BCUT2D eigenvalue weighted by Gasteiger charge is -2.42. The zero-order valence-corrected chi connectivity index (χ0v) is 8.07. The predicted octanol–water partition coefficient (Wildman–Crippen LogP) is -2.53. The summed E-state index contributed by atoms with van der Waals surface area (Å²) in [6.07, 6.45) is -7.11. The summed E-state index contributed by atoms with van der Waals surface area (Å²) < 4.78 is 9.55. The minimum absolute atomic E-state index is 1.01. The van der Waals surface area contributed by atoms with Crippen molar-refractivity contribution in [2.45, 2.75) is 36.6 Å². The van der Waals surface area contributed by atoms with Crippen LogP contribution in [0.2, 0.25) is 0 Å². The van der Waals surface area contributed by atoms with Crippen molar-refractivity contribution in [3.05, 3.63) is 0 Å². The highest BCUT2D eigenvalue weighted by Gasteiger charge is 2.49. The molecule has 84 valence electrons. The molecule has 1 saturated carbocycles. The maximum absolute atomic E-state index is 9.50. The van der Waals surface area contributed by atoms with E-state index in [1.807, 2.05) is 0 Å². The maximum Gasteiger partial charge on any atom is 0.114 e. The molecule has 0 amide bonds. The van der Waals surface area contributed by atoms with Crippen molar-refractivity contribution in [2.24, 2.45) is 0 Å². The molecule has 4 N–H and O–H groups in total. The molecule has 0 heterocycles. The summed E-state index contributed by atoms with van der Waals surface area (Å²) in [5.74, 6) is 0. The van der Waals surface area contributed by atoms with Gasteiger partial charge in [0, 0.05) is 14.2 Å². The van der Waals surface area contributed by atoms with Gasteiger partial charge in [-0.3, -0.25) is 0 Å². The van der Waals surface area contributed by atoms with Crippen LogP contribution in [0.4, 0.5) is 0 Å². The van der Waals surface area contributed by atoms with E-state index in [2.05, 4.69) is 0 Å².